The van der Waals surface area contributed by atoms with E-state index in [1.807, 2.05) is 42.5 Å². The molecule has 0 aliphatic heterocycles. The molecule has 0 unspecified atom stereocenters. The number of rotatable bonds is 6. The molecule has 0 aliphatic carbocycles. The lowest BCUT2D eigenvalue weighted by atomic mass is 10.1. The molecule has 4 rings (SSSR count). The third-order valence-corrected chi connectivity index (χ3v) is 4.70. The van der Waals surface area contributed by atoms with Crippen molar-refractivity contribution in [3.05, 3.63) is 59.6 Å². The Balaban J connectivity index is 1.74. The van der Waals surface area contributed by atoms with Crippen LogP contribution in [0.4, 0.5) is 11.7 Å². The number of fused-ring (bicyclic) bond motifs is 1. The van der Waals surface area contributed by atoms with Crippen LogP contribution in [0.5, 0.6) is 17.2 Å². The van der Waals surface area contributed by atoms with Crippen LogP contribution in [0.25, 0.3) is 22.2 Å². The molecule has 4 aromatic rings. The van der Waals surface area contributed by atoms with Crippen molar-refractivity contribution in [2.24, 2.45) is 0 Å². The summed E-state index contributed by atoms with van der Waals surface area (Å²) in [5.74, 6) is 1.58. The molecule has 7 heteroatoms. The molecular weight excluding hydrogens is 392 g/mol. The Kier molecular flexibility index (Phi) is 5.18. The highest BCUT2D eigenvalue weighted by molar-refractivity contribution is 6.30. The smallest absolute Gasteiger partial charge is 0.300 e. The van der Waals surface area contributed by atoms with Crippen molar-refractivity contribution >= 4 is 34.4 Å². The molecule has 0 aliphatic rings. The van der Waals surface area contributed by atoms with Crippen LogP contribution >= 0.6 is 11.6 Å². The number of methoxy groups -OCH3 is 3. The first-order valence-electron chi connectivity index (χ1n) is 8.85. The zero-order valence-electron chi connectivity index (χ0n) is 16.2. The SMILES string of the molecule is COc1cc(Nc2nc3cccc(-c4cccc(Cl)c4)c3o2)cc(OC)c1OC. The van der Waals surface area contributed by atoms with Crippen molar-refractivity contribution in [3.8, 4) is 28.4 Å². The number of halogens is 1. The van der Waals surface area contributed by atoms with Gasteiger partial charge < -0.3 is 23.9 Å². The highest BCUT2D eigenvalue weighted by Gasteiger charge is 2.16. The van der Waals surface area contributed by atoms with Gasteiger partial charge in [0.1, 0.15) is 5.52 Å². The average Bonchev–Trinajstić information content (AvgIpc) is 3.15. The molecule has 1 N–H and O–H groups in total. The van der Waals surface area contributed by atoms with Gasteiger partial charge >= 0.3 is 0 Å². The molecule has 0 atom stereocenters. The molecule has 0 amide bonds. The largest absolute Gasteiger partial charge is 0.493 e. The topological polar surface area (TPSA) is 65.8 Å². The summed E-state index contributed by atoms with van der Waals surface area (Å²) in [7, 11) is 4.70. The maximum absolute atomic E-state index is 6.15. The van der Waals surface area contributed by atoms with E-state index in [1.54, 1.807) is 33.5 Å². The number of para-hydroxylation sites is 1. The molecule has 3 aromatic carbocycles. The number of nitrogens with one attached hydrogen (secondary N) is 1. The van der Waals surface area contributed by atoms with Gasteiger partial charge in [0.2, 0.25) is 5.75 Å². The Morgan fingerprint density at radius 2 is 1.62 bits per heavy atom. The minimum absolute atomic E-state index is 0.351. The van der Waals surface area contributed by atoms with E-state index >= 15 is 0 Å². The summed E-state index contributed by atoms with van der Waals surface area (Å²) in [5, 5.41) is 3.83. The fraction of sp³-hybridized carbons (Fsp3) is 0.136. The standard InChI is InChI=1S/C22H19ClN2O4/c1-26-18-11-15(12-19(27-2)21(18)28-3)24-22-25-17-9-5-8-16(20(17)29-22)13-6-4-7-14(23)10-13/h4-12H,1-3H3,(H,24,25). The van der Waals surface area contributed by atoms with Crippen molar-refractivity contribution in [1.82, 2.24) is 4.98 Å². The molecule has 1 aromatic heterocycles. The summed E-state index contributed by atoms with van der Waals surface area (Å²) in [6.45, 7) is 0. The van der Waals surface area contributed by atoms with Gasteiger partial charge in [0, 0.05) is 28.4 Å². The number of oxazole rings is 1. The van der Waals surface area contributed by atoms with E-state index < -0.39 is 0 Å². The van der Waals surface area contributed by atoms with Gasteiger partial charge in [0.05, 0.1) is 21.3 Å². The fourth-order valence-corrected chi connectivity index (χ4v) is 3.35. The summed E-state index contributed by atoms with van der Waals surface area (Å²) in [6.07, 6.45) is 0. The fourth-order valence-electron chi connectivity index (χ4n) is 3.16. The molecule has 0 bridgehead atoms. The summed E-state index contributed by atoms with van der Waals surface area (Å²) in [5.41, 5.74) is 3.96. The second-order valence-corrected chi connectivity index (χ2v) is 6.66. The van der Waals surface area contributed by atoms with E-state index in [4.69, 9.17) is 30.2 Å². The quantitative estimate of drug-likeness (QED) is 0.425. The first-order valence-corrected chi connectivity index (χ1v) is 9.23. The monoisotopic (exact) mass is 410 g/mol. The van der Waals surface area contributed by atoms with Crippen LogP contribution < -0.4 is 19.5 Å². The highest BCUT2D eigenvalue weighted by Crippen LogP contribution is 2.41. The Morgan fingerprint density at radius 3 is 2.28 bits per heavy atom. The van der Waals surface area contributed by atoms with Gasteiger partial charge in [-0.2, -0.15) is 4.98 Å². The lowest BCUT2D eigenvalue weighted by molar-refractivity contribution is 0.324. The van der Waals surface area contributed by atoms with Crippen LogP contribution in [0.1, 0.15) is 0 Å². The molecule has 29 heavy (non-hydrogen) atoms. The van der Waals surface area contributed by atoms with Gasteiger partial charge in [-0.1, -0.05) is 35.9 Å². The van der Waals surface area contributed by atoms with E-state index in [2.05, 4.69) is 10.3 Å². The van der Waals surface area contributed by atoms with Crippen molar-refractivity contribution < 1.29 is 18.6 Å². The lowest BCUT2D eigenvalue weighted by Gasteiger charge is -2.14. The maximum atomic E-state index is 6.15. The predicted molar refractivity (Wildman–Crippen MR) is 114 cm³/mol. The van der Waals surface area contributed by atoms with Crippen LogP contribution in [0, 0.1) is 0 Å². The van der Waals surface area contributed by atoms with E-state index in [0.717, 1.165) is 16.6 Å². The molecule has 148 valence electrons. The molecule has 6 nitrogen and oxygen atoms in total. The maximum Gasteiger partial charge on any atom is 0.300 e. The van der Waals surface area contributed by atoms with E-state index in [0.29, 0.717) is 39.6 Å². The normalized spacial score (nSPS) is 10.8. The number of hydrogen-bond donors (Lipinski definition) is 1. The Morgan fingerprint density at radius 1 is 0.897 bits per heavy atom. The molecule has 0 spiro atoms. The number of hydrogen-bond acceptors (Lipinski definition) is 6. The summed E-state index contributed by atoms with van der Waals surface area (Å²) < 4.78 is 22.2. The number of aromatic nitrogens is 1. The third kappa shape index (κ3) is 3.67. The molecular formula is C22H19ClN2O4. The number of nitrogens with zero attached hydrogens (tertiary/aromatic N) is 1. The summed E-state index contributed by atoms with van der Waals surface area (Å²) in [4.78, 5) is 4.55. The first-order chi connectivity index (χ1) is 14.1. The zero-order valence-corrected chi connectivity index (χ0v) is 16.9. The number of benzene rings is 3. The average molecular weight is 411 g/mol. The highest BCUT2D eigenvalue weighted by atomic mass is 35.5. The van der Waals surface area contributed by atoms with Crippen molar-refractivity contribution in [2.45, 2.75) is 0 Å². The van der Waals surface area contributed by atoms with Crippen molar-refractivity contribution in [1.29, 1.82) is 0 Å². The van der Waals surface area contributed by atoms with Gasteiger partial charge in [-0.3, -0.25) is 0 Å². The van der Waals surface area contributed by atoms with Gasteiger partial charge in [-0.15, -0.1) is 0 Å². The Bertz CT molecular complexity index is 1150. The molecule has 1 heterocycles. The number of ether oxygens (including phenoxy) is 3. The van der Waals surface area contributed by atoms with Crippen LogP contribution in [-0.4, -0.2) is 26.3 Å². The molecule has 0 saturated carbocycles. The molecule has 0 radical (unpaired) electrons. The van der Waals surface area contributed by atoms with Crippen LogP contribution in [-0.2, 0) is 0 Å². The van der Waals surface area contributed by atoms with E-state index in [-0.39, 0.29) is 0 Å². The van der Waals surface area contributed by atoms with Gasteiger partial charge in [-0.25, -0.2) is 0 Å². The van der Waals surface area contributed by atoms with Gasteiger partial charge in [0.25, 0.3) is 6.01 Å². The molecule has 0 saturated heterocycles. The Labute approximate surface area is 173 Å². The van der Waals surface area contributed by atoms with E-state index in [9.17, 15) is 0 Å². The van der Waals surface area contributed by atoms with Crippen LogP contribution in [0.15, 0.2) is 59.0 Å². The molecule has 0 fully saturated rings. The second-order valence-electron chi connectivity index (χ2n) is 6.22. The summed E-state index contributed by atoms with van der Waals surface area (Å²) >= 11 is 6.15. The van der Waals surface area contributed by atoms with E-state index in [1.165, 1.54) is 0 Å². The minimum atomic E-state index is 0.351. The minimum Gasteiger partial charge on any atom is -0.493 e. The Hall–Kier alpha value is -3.38. The first kappa shape index (κ1) is 19.0. The lowest BCUT2D eigenvalue weighted by Crippen LogP contribution is -1.97. The van der Waals surface area contributed by atoms with Crippen molar-refractivity contribution in [2.75, 3.05) is 26.6 Å². The third-order valence-electron chi connectivity index (χ3n) is 4.47. The summed E-state index contributed by atoms with van der Waals surface area (Å²) in [6, 6.07) is 17.3. The number of anilines is 2. The van der Waals surface area contributed by atoms with Crippen LogP contribution in [0.2, 0.25) is 5.02 Å². The second kappa shape index (κ2) is 7.93. The van der Waals surface area contributed by atoms with Gasteiger partial charge in [0.15, 0.2) is 17.1 Å². The zero-order chi connectivity index (χ0) is 20.4. The van der Waals surface area contributed by atoms with Gasteiger partial charge in [-0.05, 0) is 23.8 Å². The predicted octanol–water partition coefficient (Wildman–Crippen LogP) is 5.92. The van der Waals surface area contributed by atoms with Crippen LogP contribution in [0.3, 0.4) is 0 Å². The van der Waals surface area contributed by atoms with Crippen molar-refractivity contribution in [3.63, 3.8) is 0 Å².